The molecule has 0 atom stereocenters. The number of nitrogens with zero attached hydrogens (tertiary/aromatic N) is 3. The topological polar surface area (TPSA) is 56.7 Å². The summed E-state index contributed by atoms with van der Waals surface area (Å²) in [6.45, 7) is 5.03. The molecule has 0 unspecified atom stereocenters. The summed E-state index contributed by atoms with van der Waals surface area (Å²) >= 11 is 0. The number of hydrogen-bond acceptors (Lipinski definition) is 3. The van der Waals surface area contributed by atoms with Gasteiger partial charge < -0.3 is 10.3 Å². The van der Waals surface area contributed by atoms with Crippen LogP contribution < -0.4 is 5.73 Å². The number of benzene rings is 1. The molecule has 0 saturated carbocycles. The fraction of sp³-hybridized carbons (Fsp3) is 0.294. The lowest BCUT2D eigenvalue weighted by Crippen LogP contribution is -2.04. The Bertz CT molecular complexity index is 741. The van der Waals surface area contributed by atoms with E-state index in [9.17, 15) is 0 Å². The van der Waals surface area contributed by atoms with Gasteiger partial charge in [0.05, 0.1) is 11.7 Å². The Labute approximate surface area is 124 Å². The molecule has 1 aromatic carbocycles. The highest BCUT2D eigenvalue weighted by Crippen LogP contribution is 2.28. The lowest BCUT2D eigenvalue weighted by atomic mass is 10.1. The van der Waals surface area contributed by atoms with E-state index in [2.05, 4.69) is 47.7 Å². The first-order valence-electron chi connectivity index (χ1n) is 7.32. The van der Waals surface area contributed by atoms with Crippen molar-refractivity contribution >= 4 is 11.0 Å². The second-order valence-electron chi connectivity index (χ2n) is 5.50. The number of rotatable bonds is 4. The van der Waals surface area contributed by atoms with E-state index in [1.54, 1.807) is 0 Å². The number of fused-ring (bicyclic) bond motifs is 1. The largest absolute Gasteiger partial charge is 0.330 e. The molecule has 2 N–H and O–H groups in total. The molecule has 0 aliphatic rings. The van der Waals surface area contributed by atoms with E-state index < -0.39 is 0 Å². The zero-order valence-corrected chi connectivity index (χ0v) is 12.5. The molecular formula is C17H20N4. The molecule has 3 aromatic rings. The second kappa shape index (κ2) is 5.66. The van der Waals surface area contributed by atoms with Gasteiger partial charge in [-0.1, -0.05) is 24.3 Å². The van der Waals surface area contributed by atoms with Crippen LogP contribution in [-0.2, 0) is 6.42 Å². The minimum absolute atomic E-state index is 0.344. The van der Waals surface area contributed by atoms with Crippen molar-refractivity contribution in [3.63, 3.8) is 0 Å². The highest BCUT2D eigenvalue weighted by atomic mass is 15.1. The monoisotopic (exact) mass is 280 g/mol. The summed E-state index contributed by atoms with van der Waals surface area (Å²) in [4.78, 5) is 8.92. The molecule has 0 aliphatic carbocycles. The fourth-order valence-corrected chi connectivity index (χ4v) is 2.66. The standard InChI is InChI=1S/C17H20N4/c1-12(2)21-16-8-10-19-11-15(16)20-17(21)14-5-3-13(4-6-14)7-9-18/h3-6,8,10-12H,7,9,18H2,1-2H3. The van der Waals surface area contributed by atoms with Gasteiger partial charge in [-0.3, -0.25) is 4.98 Å². The highest BCUT2D eigenvalue weighted by Gasteiger charge is 2.14. The molecule has 108 valence electrons. The van der Waals surface area contributed by atoms with Crippen LogP contribution >= 0.6 is 0 Å². The third kappa shape index (κ3) is 2.54. The zero-order valence-electron chi connectivity index (χ0n) is 12.5. The van der Waals surface area contributed by atoms with Crippen molar-refractivity contribution in [2.75, 3.05) is 6.54 Å². The quantitative estimate of drug-likeness (QED) is 0.798. The maximum Gasteiger partial charge on any atom is 0.141 e. The normalized spacial score (nSPS) is 11.4. The Balaban J connectivity index is 2.12. The van der Waals surface area contributed by atoms with E-state index in [-0.39, 0.29) is 0 Å². The molecule has 0 fully saturated rings. The third-order valence-electron chi connectivity index (χ3n) is 3.65. The van der Waals surface area contributed by atoms with E-state index in [0.29, 0.717) is 12.6 Å². The lowest BCUT2D eigenvalue weighted by molar-refractivity contribution is 0.624. The SMILES string of the molecule is CC(C)n1c(-c2ccc(CCN)cc2)nc2cnccc21. The highest BCUT2D eigenvalue weighted by molar-refractivity contribution is 5.80. The first kappa shape index (κ1) is 13.8. The summed E-state index contributed by atoms with van der Waals surface area (Å²) in [5, 5.41) is 0. The van der Waals surface area contributed by atoms with Gasteiger partial charge in [-0.15, -0.1) is 0 Å². The minimum Gasteiger partial charge on any atom is -0.330 e. The smallest absolute Gasteiger partial charge is 0.141 e. The Morgan fingerprint density at radius 2 is 1.90 bits per heavy atom. The van der Waals surface area contributed by atoms with Gasteiger partial charge in [0.1, 0.15) is 11.3 Å². The number of imidazole rings is 1. The molecule has 4 nitrogen and oxygen atoms in total. The minimum atomic E-state index is 0.344. The maximum absolute atomic E-state index is 5.60. The predicted molar refractivity (Wildman–Crippen MR) is 86.1 cm³/mol. The summed E-state index contributed by atoms with van der Waals surface area (Å²) in [6.07, 6.45) is 4.54. The molecule has 0 bridgehead atoms. The van der Waals surface area contributed by atoms with Gasteiger partial charge in [0, 0.05) is 17.8 Å². The molecule has 0 radical (unpaired) electrons. The Hall–Kier alpha value is -2.20. The van der Waals surface area contributed by atoms with Gasteiger partial charge in [0.2, 0.25) is 0 Å². The van der Waals surface area contributed by atoms with Crippen LogP contribution in [0.1, 0.15) is 25.5 Å². The van der Waals surface area contributed by atoms with Crippen molar-refractivity contribution in [2.45, 2.75) is 26.3 Å². The van der Waals surface area contributed by atoms with E-state index in [1.807, 2.05) is 18.5 Å². The molecule has 2 heterocycles. The van der Waals surface area contributed by atoms with Crippen LogP contribution in [0.25, 0.3) is 22.4 Å². The summed E-state index contributed by atoms with van der Waals surface area (Å²) in [5.74, 6) is 0.993. The van der Waals surface area contributed by atoms with Gasteiger partial charge in [0.25, 0.3) is 0 Å². The Kier molecular flexibility index (Phi) is 3.71. The van der Waals surface area contributed by atoms with Crippen molar-refractivity contribution in [1.29, 1.82) is 0 Å². The number of nitrogens with two attached hydrogens (primary N) is 1. The molecular weight excluding hydrogens is 260 g/mol. The average molecular weight is 280 g/mol. The van der Waals surface area contributed by atoms with Crippen molar-refractivity contribution in [3.8, 4) is 11.4 Å². The molecule has 0 amide bonds. The molecule has 21 heavy (non-hydrogen) atoms. The van der Waals surface area contributed by atoms with Gasteiger partial charge in [-0.05, 0) is 38.4 Å². The second-order valence-corrected chi connectivity index (χ2v) is 5.50. The van der Waals surface area contributed by atoms with Gasteiger partial charge >= 0.3 is 0 Å². The van der Waals surface area contributed by atoms with Crippen LogP contribution in [0.15, 0.2) is 42.7 Å². The van der Waals surface area contributed by atoms with Crippen LogP contribution in [-0.4, -0.2) is 21.1 Å². The molecule has 0 spiro atoms. The van der Waals surface area contributed by atoms with Crippen molar-refractivity contribution in [3.05, 3.63) is 48.3 Å². The van der Waals surface area contributed by atoms with Crippen LogP contribution in [0.3, 0.4) is 0 Å². The summed E-state index contributed by atoms with van der Waals surface area (Å²) in [7, 11) is 0. The first-order chi connectivity index (χ1) is 10.2. The van der Waals surface area contributed by atoms with Crippen LogP contribution in [0, 0.1) is 0 Å². The first-order valence-corrected chi connectivity index (χ1v) is 7.32. The van der Waals surface area contributed by atoms with Gasteiger partial charge in [0.15, 0.2) is 0 Å². The van der Waals surface area contributed by atoms with E-state index >= 15 is 0 Å². The number of hydrogen-bond donors (Lipinski definition) is 1. The van der Waals surface area contributed by atoms with Gasteiger partial charge in [-0.25, -0.2) is 4.98 Å². The number of pyridine rings is 1. The predicted octanol–water partition coefficient (Wildman–Crippen LogP) is 3.18. The van der Waals surface area contributed by atoms with Crippen LogP contribution in [0.5, 0.6) is 0 Å². The summed E-state index contributed by atoms with van der Waals surface area (Å²) in [6, 6.07) is 10.9. The van der Waals surface area contributed by atoms with E-state index in [1.165, 1.54) is 5.56 Å². The van der Waals surface area contributed by atoms with Crippen molar-refractivity contribution in [2.24, 2.45) is 5.73 Å². The molecule has 2 aromatic heterocycles. The molecule has 0 saturated heterocycles. The van der Waals surface area contributed by atoms with E-state index in [4.69, 9.17) is 10.7 Å². The molecule has 3 rings (SSSR count). The average Bonchev–Trinajstić information content (AvgIpc) is 2.88. The molecule has 4 heteroatoms. The maximum atomic E-state index is 5.60. The Morgan fingerprint density at radius 1 is 1.14 bits per heavy atom. The third-order valence-corrected chi connectivity index (χ3v) is 3.65. The van der Waals surface area contributed by atoms with E-state index in [0.717, 1.165) is 28.8 Å². The Morgan fingerprint density at radius 3 is 2.57 bits per heavy atom. The zero-order chi connectivity index (χ0) is 14.8. The summed E-state index contributed by atoms with van der Waals surface area (Å²) in [5.41, 5.74) is 10.0. The van der Waals surface area contributed by atoms with Crippen LogP contribution in [0.4, 0.5) is 0 Å². The lowest BCUT2D eigenvalue weighted by Gasteiger charge is -2.13. The van der Waals surface area contributed by atoms with Crippen molar-refractivity contribution < 1.29 is 0 Å². The van der Waals surface area contributed by atoms with Crippen molar-refractivity contribution in [1.82, 2.24) is 14.5 Å². The molecule has 0 aliphatic heterocycles. The number of aromatic nitrogens is 3. The van der Waals surface area contributed by atoms with Crippen LogP contribution in [0.2, 0.25) is 0 Å². The fourth-order valence-electron chi connectivity index (χ4n) is 2.66. The summed E-state index contributed by atoms with van der Waals surface area (Å²) < 4.78 is 2.26. The van der Waals surface area contributed by atoms with Gasteiger partial charge in [-0.2, -0.15) is 0 Å².